The van der Waals surface area contributed by atoms with Gasteiger partial charge in [-0.1, -0.05) is 29.5 Å². The average Bonchev–Trinajstić information content (AvgIpc) is 3.26. The van der Waals surface area contributed by atoms with Crippen LogP contribution in [-0.4, -0.2) is 63.8 Å². The van der Waals surface area contributed by atoms with Crippen LogP contribution in [0.2, 0.25) is 0 Å². The number of hydrogen-bond donors (Lipinski definition) is 6. The zero-order valence-electron chi connectivity index (χ0n) is 19.5. The van der Waals surface area contributed by atoms with E-state index in [0.29, 0.717) is 10.9 Å². The van der Waals surface area contributed by atoms with Gasteiger partial charge in [-0.25, -0.2) is 19.1 Å². The lowest BCUT2D eigenvalue weighted by Crippen LogP contribution is -2.44. The predicted molar refractivity (Wildman–Crippen MR) is 129 cm³/mol. The number of fused-ring (bicyclic) bond motifs is 1. The van der Waals surface area contributed by atoms with E-state index in [1.54, 1.807) is 0 Å². The Morgan fingerprint density at radius 1 is 1.19 bits per heavy atom. The van der Waals surface area contributed by atoms with Crippen LogP contribution >= 0.6 is 15.6 Å². The highest BCUT2D eigenvalue weighted by atomic mass is 31.3. The van der Waals surface area contributed by atoms with Gasteiger partial charge in [-0.15, -0.1) is 0 Å². The average molecular weight is 554 g/mol. The summed E-state index contributed by atoms with van der Waals surface area (Å²) >= 11 is 0. The molecule has 37 heavy (non-hydrogen) atoms. The van der Waals surface area contributed by atoms with E-state index in [-0.39, 0.29) is 11.5 Å². The van der Waals surface area contributed by atoms with Crippen LogP contribution < -0.4 is 5.73 Å². The Labute approximate surface area is 210 Å². The number of phosphoric ester groups is 1. The number of aliphatic hydroxyl groups is 2. The molecule has 198 valence electrons. The Bertz CT molecular complexity index is 1470. The van der Waals surface area contributed by atoms with E-state index in [4.69, 9.17) is 20.3 Å². The second kappa shape index (κ2) is 9.90. The number of benzene rings is 1. The van der Waals surface area contributed by atoms with Crippen LogP contribution in [0.25, 0.3) is 11.0 Å². The van der Waals surface area contributed by atoms with Gasteiger partial charge >= 0.3 is 15.6 Å². The molecule has 0 amide bonds. The third-order valence-corrected chi connectivity index (χ3v) is 7.80. The van der Waals surface area contributed by atoms with Gasteiger partial charge in [0.25, 0.3) is 0 Å². The summed E-state index contributed by atoms with van der Waals surface area (Å²) in [6.07, 6.45) is -1.65. The fourth-order valence-corrected chi connectivity index (χ4v) is 5.46. The third-order valence-electron chi connectivity index (χ3n) is 5.65. The molecule has 0 bridgehead atoms. The zero-order valence-corrected chi connectivity index (χ0v) is 21.3. The molecule has 1 fully saturated rings. The monoisotopic (exact) mass is 554 g/mol. The van der Waals surface area contributed by atoms with Crippen molar-refractivity contribution in [3.05, 3.63) is 53.5 Å². The smallest absolute Gasteiger partial charge is 0.387 e. The summed E-state index contributed by atoms with van der Waals surface area (Å²) in [5, 5.41) is 22.1. The summed E-state index contributed by atoms with van der Waals surface area (Å²) in [6.45, 7) is 2.37. The molecule has 3 aromatic rings. The minimum atomic E-state index is -5.34. The van der Waals surface area contributed by atoms with E-state index in [2.05, 4.69) is 30.6 Å². The molecule has 0 spiro atoms. The summed E-state index contributed by atoms with van der Waals surface area (Å²) in [5.74, 6) is 6.15. The highest BCUT2D eigenvalue weighted by Gasteiger charge is 2.54. The first-order valence-electron chi connectivity index (χ1n) is 10.7. The molecule has 0 saturated carbocycles. The molecule has 5 atom stereocenters. The van der Waals surface area contributed by atoms with Gasteiger partial charge in [0.05, 0.1) is 17.6 Å². The molecule has 0 aliphatic carbocycles. The van der Waals surface area contributed by atoms with Crippen LogP contribution in [0.15, 0.2) is 36.8 Å². The van der Waals surface area contributed by atoms with Gasteiger partial charge in [-0.2, -0.15) is 4.31 Å². The number of nitrogen functional groups attached to an aromatic ring is 1. The molecule has 1 aliphatic rings. The van der Waals surface area contributed by atoms with E-state index in [1.807, 2.05) is 31.2 Å². The molecule has 1 aromatic carbocycles. The Morgan fingerprint density at radius 3 is 2.51 bits per heavy atom. The second-order valence-electron chi connectivity index (χ2n) is 8.56. The van der Waals surface area contributed by atoms with Gasteiger partial charge in [-0.3, -0.25) is 4.52 Å². The first-order chi connectivity index (χ1) is 17.2. The quantitative estimate of drug-likeness (QED) is 0.185. The van der Waals surface area contributed by atoms with Gasteiger partial charge in [0, 0.05) is 11.8 Å². The van der Waals surface area contributed by atoms with Crippen molar-refractivity contribution >= 4 is 32.5 Å². The van der Waals surface area contributed by atoms with E-state index in [9.17, 15) is 24.2 Å². The van der Waals surface area contributed by atoms with Crippen LogP contribution in [0.3, 0.4) is 0 Å². The standard InChI is InChI=1S/C21H24N4O10P2/c1-12-3-5-13(6-4-12)7-8-14-9-25(19-16(14)18(22)23-11-24-19)20-21(2,27)17(26)15(34-20)10-33-37(31,32)35-36(28,29)30/h3-6,9,11,15,17,20,26-27H,10H2,1-2H3,(H,31,32)(H2,22,23,24)(H2,28,29,30)/t15?,17?,20?,21-/m1/s1. The van der Waals surface area contributed by atoms with Crippen molar-refractivity contribution in [1.82, 2.24) is 14.5 Å². The van der Waals surface area contributed by atoms with Crippen LogP contribution in [0.4, 0.5) is 5.82 Å². The van der Waals surface area contributed by atoms with Crippen molar-refractivity contribution in [2.45, 2.75) is 37.9 Å². The Kier molecular flexibility index (Phi) is 7.33. The van der Waals surface area contributed by atoms with Gasteiger partial charge in [0.2, 0.25) is 0 Å². The minimum Gasteiger partial charge on any atom is -0.387 e. The summed E-state index contributed by atoms with van der Waals surface area (Å²) in [4.78, 5) is 35.2. The summed E-state index contributed by atoms with van der Waals surface area (Å²) in [6, 6.07) is 7.52. The fourth-order valence-electron chi connectivity index (χ4n) is 3.86. The van der Waals surface area contributed by atoms with Crippen molar-refractivity contribution in [3.63, 3.8) is 0 Å². The van der Waals surface area contributed by atoms with Gasteiger partial charge in [0.1, 0.15) is 35.6 Å². The van der Waals surface area contributed by atoms with Crippen LogP contribution in [0, 0.1) is 18.8 Å². The molecule has 0 radical (unpaired) electrons. The molecule has 2 aromatic heterocycles. The van der Waals surface area contributed by atoms with Gasteiger partial charge in [0.15, 0.2) is 6.23 Å². The lowest BCUT2D eigenvalue weighted by atomic mass is 9.96. The number of hydrogen-bond acceptors (Lipinski definition) is 10. The number of phosphoric acid groups is 2. The number of ether oxygens (including phenoxy) is 1. The maximum atomic E-state index is 11.8. The summed E-state index contributed by atoms with van der Waals surface area (Å²) < 4.78 is 38.1. The zero-order chi connectivity index (χ0) is 27.2. The van der Waals surface area contributed by atoms with Crippen molar-refractivity contribution in [3.8, 4) is 11.8 Å². The number of anilines is 1. The van der Waals surface area contributed by atoms with Crippen LogP contribution in [0.5, 0.6) is 0 Å². The predicted octanol–water partition coefficient (Wildman–Crippen LogP) is 0.957. The van der Waals surface area contributed by atoms with Crippen molar-refractivity contribution in [2.24, 2.45) is 0 Å². The molecular weight excluding hydrogens is 530 g/mol. The molecule has 4 unspecified atom stereocenters. The molecule has 3 heterocycles. The van der Waals surface area contributed by atoms with Gasteiger partial charge in [-0.05, 0) is 26.0 Å². The SMILES string of the molecule is Cc1ccc(C#Cc2cn(C3OC(COP(=O)(O)OP(=O)(O)O)C(O)[C@@]3(C)O)c3ncnc(N)c23)cc1. The maximum absolute atomic E-state index is 11.8. The molecule has 14 nitrogen and oxygen atoms in total. The Morgan fingerprint density at radius 2 is 1.86 bits per heavy atom. The number of aromatic nitrogens is 3. The first kappa shape index (κ1) is 27.4. The van der Waals surface area contributed by atoms with Gasteiger partial charge < -0.3 is 39.9 Å². The number of nitrogens with two attached hydrogens (primary N) is 1. The minimum absolute atomic E-state index is 0.117. The molecule has 1 saturated heterocycles. The van der Waals surface area contributed by atoms with E-state index in [1.165, 1.54) is 24.0 Å². The normalized spacial score (nSPS) is 25.5. The van der Waals surface area contributed by atoms with Crippen molar-refractivity contribution in [2.75, 3.05) is 12.3 Å². The molecule has 4 rings (SSSR count). The van der Waals surface area contributed by atoms with E-state index >= 15 is 0 Å². The third kappa shape index (κ3) is 5.93. The number of nitrogens with zero attached hydrogens (tertiary/aromatic N) is 3. The fraction of sp³-hybridized carbons (Fsp3) is 0.333. The van der Waals surface area contributed by atoms with Crippen molar-refractivity contribution < 1.29 is 47.6 Å². The first-order valence-corrected chi connectivity index (χ1v) is 13.7. The Balaban J connectivity index is 1.67. The lowest BCUT2D eigenvalue weighted by molar-refractivity contribution is -0.0947. The van der Waals surface area contributed by atoms with Crippen molar-refractivity contribution in [1.29, 1.82) is 0 Å². The van der Waals surface area contributed by atoms with E-state index < -0.39 is 46.3 Å². The van der Waals surface area contributed by atoms with E-state index in [0.717, 1.165) is 11.1 Å². The Hall–Kier alpha value is -2.66. The number of rotatable bonds is 6. The highest BCUT2D eigenvalue weighted by Crippen LogP contribution is 2.58. The maximum Gasteiger partial charge on any atom is 0.481 e. The number of aryl methyl sites for hydroxylation is 1. The topological polar surface area (TPSA) is 220 Å². The number of aliphatic hydroxyl groups excluding tert-OH is 1. The molecular formula is C21H24N4O10P2. The molecule has 1 aliphatic heterocycles. The summed E-state index contributed by atoms with van der Waals surface area (Å²) in [5.41, 5.74) is 6.56. The summed E-state index contributed by atoms with van der Waals surface area (Å²) in [7, 11) is -10.6. The molecule has 7 N–H and O–H groups in total. The lowest BCUT2D eigenvalue weighted by Gasteiger charge is -2.27. The van der Waals surface area contributed by atoms with Crippen LogP contribution in [0.1, 0.15) is 29.8 Å². The largest absolute Gasteiger partial charge is 0.481 e. The van der Waals surface area contributed by atoms with Crippen LogP contribution in [-0.2, 0) is 22.7 Å². The molecule has 16 heteroatoms. The highest BCUT2D eigenvalue weighted by molar-refractivity contribution is 7.60. The second-order valence-corrected chi connectivity index (χ2v) is 11.4.